The molecule has 4 rings (SSSR count). The van der Waals surface area contributed by atoms with E-state index in [1.54, 1.807) is 18.9 Å². The Morgan fingerprint density at radius 2 is 1.71 bits per heavy atom. The largest absolute Gasteiger partial charge is 0.497 e. The highest BCUT2D eigenvalue weighted by Crippen LogP contribution is 2.34. The number of anilines is 2. The molecule has 160 valence electrons. The monoisotopic (exact) mass is 418 g/mol. The number of hydrogen-bond donors (Lipinski definition) is 1. The van der Waals surface area contributed by atoms with E-state index in [-0.39, 0.29) is 6.61 Å². The molecule has 0 atom stereocenters. The first-order valence-corrected chi connectivity index (χ1v) is 10.1. The fourth-order valence-electron chi connectivity index (χ4n) is 3.60. The Bertz CT molecular complexity index is 1170. The first-order valence-electron chi connectivity index (χ1n) is 10.1. The Morgan fingerprint density at radius 3 is 2.35 bits per heavy atom. The van der Waals surface area contributed by atoms with E-state index in [1.807, 2.05) is 56.0 Å². The van der Waals surface area contributed by atoms with Crippen LogP contribution in [0.3, 0.4) is 0 Å². The summed E-state index contributed by atoms with van der Waals surface area (Å²) in [5.41, 5.74) is 4.89. The van der Waals surface area contributed by atoms with Crippen molar-refractivity contribution in [2.45, 2.75) is 6.42 Å². The highest BCUT2D eigenvalue weighted by atomic mass is 16.5. The van der Waals surface area contributed by atoms with E-state index in [1.165, 1.54) is 0 Å². The Hall–Kier alpha value is -3.58. The normalized spacial score (nSPS) is 11.0. The number of aromatic nitrogens is 3. The Kier molecular flexibility index (Phi) is 6.04. The van der Waals surface area contributed by atoms with E-state index >= 15 is 0 Å². The predicted octanol–water partition coefficient (Wildman–Crippen LogP) is 4.17. The molecule has 0 aliphatic carbocycles. The molecule has 7 heteroatoms. The van der Waals surface area contributed by atoms with Crippen LogP contribution in [0.25, 0.3) is 22.0 Å². The van der Waals surface area contributed by atoms with Gasteiger partial charge in [0.1, 0.15) is 11.5 Å². The molecule has 0 radical (unpaired) electrons. The number of aliphatic hydroxyl groups excluding tert-OH is 1. The molecule has 2 aromatic carbocycles. The molecule has 0 unspecified atom stereocenters. The molecular weight excluding hydrogens is 392 g/mol. The Labute approximate surface area is 181 Å². The van der Waals surface area contributed by atoms with Crippen LogP contribution in [0.5, 0.6) is 11.5 Å². The van der Waals surface area contributed by atoms with Crippen LogP contribution < -0.4 is 14.4 Å². The van der Waals surface area contributed by atoms with Crippen molar-refractivity contribution in [3.05, 3.63) is 61.1 Å². The minimum absolute atomic E-state index is 0.109. The molecule has 7 nitrogen and oxygen atoms in total. The summed E-state index contributed by atoms with van der Waals surface area (Å²) < 4.78 is 12.7. The topological polar surface area (TPSA) is 72.6 Å². The SMILES string of the molecule is COc1cc(OC)cc(N(CCCO)c2ccc3ncc(-c4cnn(C)c4)cc3c2)c1. The van der Waals surface area contributed by atoms with Gasteiger partial charge < -0.3 is 19.5 Å². The third kappa shape index (κ3) is 4.46. The molecule has 0 bridgehead atoms. The lowest BCUT2D eigenvalue weighted by Gasteiger charge is -2.26. The standard InChI is InChI=1S/C24H26N4O3/c1-27-16-19(15-26-27)18-9-17-10-20(5-6-24(17)25-14-18)28(7-4-8-29)21-11-22(30-2)13-23(12-21)31-3/h5-6,9-16,29H,4,7-8H2,1-3H3. The summed E-state index contributed by atoms with van der Waals surface area (Å²) in [4.78, 5) is 6.77. The lowest BCUT2D eigenvalue weighted by atomic mass is 10.1. The number of hydrogen-bond acceptors (Lipinski definition) is 6. The summed E-state index contributed by atoms with van der Waals surface area (Å²) in [5.74, 6) is 1.43. The summed E-state index contributed by atoms with van der Waals surface area (Å²) in [7, 11) is 5.17. The molecule has 0 aliphatic heterocycles. The van der Waals surface area contributed by atoms with Gasteiger partial charge in [-0.1, -0.05) is 0 Å². The van der Waals surface area contributed by atoms with Crippen LogP contribution in [-0.4, -0.2) is 47.2 Å². The van der Waals surface area contributed by atoms with Gasteiger partial charge in [-0.15, -0.1) is 0 Å². The number of aryl methyl sites for hydroxylation is 1. The van der Waals surface area contributed by atoms with E-state index < -0.39 is 0 Å². The van der Waals surface area contributed by atoms with Crippen LogP contribution in [0.1, 0.15) is 6.42 Å². The maximum atomic E-state index is 9.45. The fourth-order valence-corrected chi connectivity index (χ4v) is 3.60. The average Bonchev–Trinajstić information content (AvgIpc) is 3.24. The average molecular weight is 418 g/mol. The molecule has 0 aliphatic rings. The van der Waals surface area contributed by atoms with Gasteiger partial charge in [-0.25, -0.2) is 0 Å². The number of fused-ring (bicyclic) bond motifs is 1. The van der Waals surface area contributed by atoms with Crippen LogP contribution in [0.2, 0.25) is 0 Å². The van der Waals surface area contributed by atoms with Gasteiger partial charge in [0, 0.05) is 78.7 Å². The Morgan fingerprint density at radius 1 is 0.935 bits per heavy atom. The van der Waals surface area contributed by atoms with Crippen LogP contribution in [0.15, 0.2) is 61.1 Å². The molecule has 4 aromatic rings. The number of rotatable bonds is 8. The van der Waals surface area contributed by atoms with Crippen molar-refractivity contribution in [3.63, 3.8) is 0 Å². The zero-order chi connectivity index (χ0) is 21.8. The molecule has 0 saturated carbocycles. The second-order valence-electron chi connectivity index (χ2n) is 7.30. The number of benzene rings is 2. The molecule has 2 aromatic heterocycles. The van der Waals surface area contributed by atoms with Gasteiger partial charge in [-0.3, -0.25) is 9.67 Å². The Balaban J connectivity index is 1.78. The van der Waals surface area contributed by atoms with Gasteiger partial charge in [0.05, 0.1) is 25.9 Å². The van der Waals surface area contributed by atoms with E-state index in [0.717, 1.165) is 33.4 Å². The van der Waals surface area contributed by atoms with Gasteiger partial charge in [-0.05, 0) is 30.7 Å². The van der Waals surface area contributed by atoms with Gasteiger partial charge >= 0.3 is 0 Å². The molecule has 1 N–H and O–H groups in total. The summed E-state index contributed by atoms with van der Waals surface area (Å²) in [6, 6.07) is 14.1. The van der Waals surface area contributed by atoms with Crippen molar-refractivity contribution in [2.75, 3.05) is 32.3 Å². The predicted molar refractivity (Wildman–Crippen MR) is 122 cm³/mol. The molecule has 31 heavy (non-hydrogen) atoms. The number of pyridine rings is 1. The fraction of sp³-hybridized carbons (Fsp3) is 0.250. The second-order valence-corrected chi connectivity index (χ2v) is 7.30. The van der Waals surface area contributed by atoms with Crippen LogP contribution >= 0.6 is 0 Å². The highest BCUT2D eigenvalue weighted by Gasteiger charge is 2.14. The smallest absolute Gasteiger partial charge is 0.124 e. The summed E-state index contributed by atoms with van der Waals surface area (Å²) >= 11 is 0. The zero-order valence-corrected chi connectivity index (χ0v) is 17.9. The number of aliphatic hydroxyl groups is 1. The third-order valence-corrected chi connectivity index (χ3v) is 5.20. The lowest BCUT2D eigenvalue weighted by Crippen LogP contribution is -2.19. The van der Waals surface area contributed by atoms with Gasteiger partial charge in [0.25, 0.3) is 0 Å². The second kappa shape index (κ2) is 9.06. The first-order chi connectivity index (χ1) is 15.1. The zero-order valence-electron chi connectivity index (χ0n) is 17.9. The highest BCUT2D eigenvalue weighted by molar-refractivity contribution is 5.87. The summed E-state index contributed by atoms with van der Waals surface area (Å²) in [6.45, 7) is 0.756. The van der Waals surface area contributed by atoms with Crippen molar-refractivity contribution < 1.29 is 14.6 Å². The van der Waals surface area contributed by atoms with Crippen molar-refractivity contribution in [3.8, 4) is 22.6 Å². The molecule has 0 fully saturated rings. The maximum Gasteiger partial charge on any atom is 0.124 e. The first kappa shape index (κ1) is 20.7. The van der Waals surface area contributed by atoms with Crippen LogP contribution in [-0.2, 0) is 7.05 Å². The van der Waals surface area contributed by atoms with Gasteiger partial charge in [0.15, 0.2) is 0 Å². The molecule has 0 spiro atoms. The molecule has 0 amide bonds. The van der Waals surface area contributed by atoms with Gasteiger partial charge in [0.2, 0.25) is 0 Å². The van der Waals surface area contributed by atoms with E-state index in [4.69, 9.17) is 9.47 Å². The van der Waals surface area contributed by atoms with Crippen molar-refractivity contribution in [2.24, 2.45) is 7.05 Å². The minimum atomic E-state index is 0.109. The van der Waals surface area contributed by atoms with Crippen LogP contribution in [0.4, 0.5) is 11.4 Å². The summed E-state index contributed by atoms with van der Waals surface area (Å²) in [6.07, 6.45) is 6.31. The van der Waals surface area contributed by atoms with Crippen LogP contribution in [0, 0.1) is 0 Å². The number of methoxy groups -OCH3 is 2. The van der Waals surface area contributed by atoms with Gasteiger partial charge in [-0.2, -0.15) is 5.10 Å². The van der Waals surface area contributed by atoms with E-state index in [0.29, 0.717) is 24.5 Å². The van der Waals surface area contributed by atoms with E-state index in [9.17, 15) is 5.11 Å². The molecular formula is C24H26N4O3. The van der Waals surface area contributed by atoms with E-state index in [2.05, 4.69) is 27.1 Å². The minimum Gasteiger partial charge on any atom is -0.497 e. The summed E-state index contributed by atoms with van der Waals surface area (Å²) in [5, 5.41) is 14.7. The van der Waals surface area contributed by atoms with Crippen molar-refractivity contribution >= 4 is 22.3 Å². The molecule has 0 saturated heterocycles. The lowest BCUT2D eigenvalue weighted by molar-refractivity contribution is 0.291. The maximum absolute atomic E-state index is 9.45. The molecule has 2 heterocycles. The third-order valence-electron chi connectivity index (χ3n) is 5.20. The van der Waals surface area contributed by atoms with Crippen molar-refractivity contribution in [1.82, 2.24) is 14.8 Å². The number of ether oxygens (including phenoxy) is 2. The van der Waals surface area contributed by atoms with Crippen molar-refractivity contribution in [1.29, 1.82) is 0 Å². The number of nitrogens with zero attached hydrogens (tertiary/aromatic N) is 4. The quantitative estimate of drug-likeness (QED) is 0.463.